The van der Waals surface area contributed by atoms with E-state index >= 15 is 0 Å². The SMILES string of the molecule is CCCCCCc1ccc(-c2ccc(C3CCC(/C=C/COC)CC3)cc2)nc1. The van der Waals surface area contributed by atoms with Crippen molar-refractivity contribution in [2.24, 2.45) is 5.92 Å². The summed E-state index contributed by atoms with van der Waals surface area (Å²) < 4.78 is 5.11. The largest absolute Gasteiger partial charge is 0.381 e. The highest BCUT2D eigenvalue weighted by Crippen LogP contribution is 2.36. The molecular weight excluding hydrogens is 354 g/mol. The van der Waals surface area contributed by atoms with E-state index in [0.29, 0.717) is 5.92 Å². The Morgan fingerprint density at radius 2 is 1.76 bits per heavy atom. The Kier molecular flexibility index (Phi) is 8.95. The zero-order valence-electron chi connectivity index (χ0n) is 18.3. The van der Waals surface area contributed by atoms with Crippen molar-refractivity contribution in [1.29, 1.82) is 0 Å². The minimum absolute atomic E-state index is 0.703. The van der Waals surface area contributed by atoms with Crippen molar-refractivity contribution < 1.29 is 4.74 Å². The Morgan fingerprint density at radius 3 is 2.41 bits per heavy atom. The molecule has 0 bridgehead atoms. The lowest BCUT2D eigenvalue weighted by Crippen LogP contribution is -2.11. The fraction of sp³-hybridized carbons (Fsp3) is 0.519. The minimum atomic E-state index is 0.703. The van der Waals surface area contributed by atoms with Gasteiger partial charge in [0, 0.05) is 18.9 Å². The highest BCUT2D eigenvalue weighted by Gasteiger charge is 2.20. The summed E-state index contributed by atoms with van der Waals surface area (Å²) >= 11 is 0. The van der Waals surface area contributed by atoms with Crippen molar-refractivity contribution in [2.75, 3.05) is 13.7 Å². The second kappa shape index (κ2) is 11.9. The van der Waals surface area contributed by atoms with Crippen LogP contribution in [0, 0.1) is 5.92 Å². The maximum Gasteiger partial charge on any atom is 0.0702 e. The van der Waals surface area contributed by atoms with Gasteiger partial charge in [0.25, 0.3) is 0 Å². The van der Waals surface area contributed by atoms with Gasteiger partial charge in [-0.2, -0.15) is 0 Å². The molecule has 1 aliphatic carbocycles. The molecule has 1 heterocycles. The van der Waals surface area contributed by atoms with Gasteiger partial charge in [0.2, 0.25) is 0 Å². The number of methoxy groups -OCH3 is 1. The quantitative estimate of drug-likeness (QED) is 0.312. The molecular formula is C27H37NO. The molecule has 0 aliphatic heterocycles. The average Bonchev–Trinajstić information content (AvgIpc) is 2.78. The predicted octanol–water partition coefficient (Wildman–Crippen LogP) is 7.35. The number of pyridine rings is 1. The molecule has 0 atom stereocenters. The van der Waals surface area contributed by atoms with Gasteiger partial charge in [-0.15, -0.1) is 0 Å². The number of allylic oxidation sites excluding steroid dienone is 1. The third kappa shape index (κ3) is 6.82. The van der Waals surface area contributed by atoms with E-state index in [9.17, 15) is 0 Å². The Labute approximate surface area is 177 Å². The first-order valence-corrected chi connectivity index (χ1v) is 11.5. The lowest BCUT2D eigenvalue weighted by atomic mass is 9.78. The maximum atomic E-state index is 5.11. The summed E-state index contributed by atoms with van der Waals surface area (Å²) in [7, 11) is 1.75. The van der Waals surface area contributed by atoms with Crippen LogP contribution in [0.5, 0.6) is 0 Å². The number of aryl methyl sites for hydroxylation is 1. The fourth-order valence-electron chi connectivity index (χ4n) is 4.41. The first-order valence-electron chi connectivity index (χ1n) is 11.5. The maximum absolute atomic E-state index is 5.11. The van der Waals surface area contributed by atoms with E-state index in [1.54, 1.807) is 7.11 Å². The molecule has 1 fully saturated rings. The molecule has 1 aliphatic rings. The summed E-state index contributed by atoms with van der Waals surface area (Å²) in [5, 5.41) is 0. The first-order chi connectivity index (χ1) is 14.3. The summed E-state index contributed by atoms with van der Waals surface area (Å²) in [4.78, 5) is 4.72. The van der Waals surface area contributed by atoms with Crippen LogP contribution in [-0.4, -0.2) is 18.7 Å². The van der Waals surface area contributed by atoms with Gasteiger partial charge in [-0.25, -0.2) is 0 Å². The number of benzene rings is 1. The van der Waals surface area contributed by atoms with Gasteiger partial charge in [0.15, 0.2) is 0 Å². The van der Waals surface area contributed by atoms with E-state index < -0.39 is 0 Å². The molecule has 1 aromatic carbocycles. The summed E-state index contributed by atoms with van der Waals surface area (Å²) in [6.45, 7) is 2.99. The van der Waals surface area contributed by atoms with Crippen LogP contribution in [0.3, 0.4) is 0 Å². The molecule has 2 heteroatoms. The van der Waals surface area contributed by atoms with Crippen LogP contribution in [0.1, 0.15) is 75.3 Å². The molecule has 2 nitrogen and oxygen atoms in total. The number of hydrogen-bond acceptors (Lipinski definition) is 2. The molecule has 2 aromatic rings. The molecule has 3 rings (SSSR count). The number of nitrogens with zero attached hydrogens (tertiary/aromatic N) is 1. The van der Waals surface area contributed by atoms with Crippen LogP contribution in [0.4, 0.5) is 0 Å². The van der Waals surface area contributed by atoms with Gasteiger partial charge in [-0.05, 0) is 67.6 Å². The first kappa shape index (κ1) is 21.8. The minimum Gasteiger partial charge on any atom is -0.381 e. The van der Waals surface area contributed by atoms with Gasteiger partial charge in [0.05, 0.1) is 12.3 Å². The standard InChI is InChI=1S/C27H37NO/c1-3-4-5-6-8-23-12-19-27(28-21-23)26-17-15-25(16-18-26)24-13-10-22(11-14-24)9-7-20-29-2/h7,9,12,15-19,21-22,24H,3-6,8,10-11,13-14,20H2,1-2H3/b9-7+. The van der Waals surface area contributed by atoms with Gasteiger partial charge in [-0.3, -0.25) is 4.98 Å². The van der Waals surface area contributed by atoms with E-state index in [1.807, 2.05) is 0 Å². The van der Waals surface area contributed by atoms with E-state index in [2.05, 4.69) is 61.7 Å². The monoisotopic (exact) mass is 391 g/mol. The number of ether oxygens (including phenoxy) is 1. The topological polar surface area (TPSA) is 22.1 Å². The normalized spacial score (nSPS) is 19.7. The van der Waals surface area contributed by atoms with Crippen molar-refractivity contribution in [2.45, 2.75) is 70.6 Å². The molecule has 0 radical (unpaired) electrons. The van der Waals surface area contributed by atoms with E-state index in [1.165, 1.54) is 68.1 Å². The second-order valence-electron chi connectivity index (χ2n) is 8.48. The molecule has 1 saturated carbocycles. The number of unbranched alkanes of at least 4 members (excludes halogenated alkanes) is 3. The summed E-state index contributed by atoms with van der Waals surface area (Å²) in [6.07, 6.45) is 18.1. The van der Waals surface area contributed by atoms with Crippen LogP contribution in [0.2, 0.25) is 0 Å². The lowest BCUT2D eigenvalue weighted by Gasteiger charge is -2.27. The lowest BCUT2D eigenvalue weighted by molar-refractivity contribution is 0.233. The third-order valence-electron chi connectivity index (χ3n) is 6.26. The number of aromatic nitrogens is 1. The second-order valence-corrected chi connectivity index (χ2v) is 8.48. The van der Waals surface area contributed by atoms with E-state index in [-0.39, 0.29) is 0 Å². The Balaban J connectivity index is 1.51. The molecule has 0 amide bonds. The van der Waals surface area contributed by atoms with Crippen molar-refractivity contribution in [3.63, 3.8) is 0 Å². The zero-order chi connectivity index (χ0) is 20.3. The van der Waals surface area contributed by atoms with Gasteiger partial charge in [0.1, 0.15) is 0 Å². The summed E-state index contributed by atoms with van der Waals surface area (Å²) in [5.41, 5.74) is 5.15. The number of rotatable bonds is 10. The molecule has 0 N–H and O–H groups in total. The van der Waals surface area contributed by atoms with Crippen LogP contribution >= 0.6 is 0 Å². The van der Waals surface area contributed by atoms with E-state index in [4.69, 9.17) is 9.72 Å². The van der Waals surface area contributed by atoms with Crippen molar-refractivity contribution in [3.05, 3.63) is 65.9 Å². The van der Waals surface area contributed by atoms with E-state index in [0.717, 1.165) is 24.6 Å². The van der Waals surface area contributed by atoms with Crippen molar-refractivity contribution >= 4 is 0 Å². The molecule has 29 heavy (non-hydrogen) atoms. The van der Waals surface area contributed by atoms with Gasteiger partial charge in [-0.1, -0.05) is 68.7 Å². The molecule has 1 aromatic heterocycles. The number of hydrogen-bond donors (Lipinski definition) is 0. The van der Waals surface area contributed by atoms with Gasteiger partial charge >= 0.3 is 0 Å². The van der Waals surface area contributed by atoms with Crippen molar-refractivity contribution in [1.82, 2.24) is 4.98 Å². The average molecular weight is 392 g/mol. The molecule has 0 spiro atoms. The van der Waals surface area contributed by atoms with Crippen LogP contribution in [-0.2, 0) is 11.2 Å². The van der Waals surface area contributed by atoms with Crippen LogP contribution < -0.4 is 0 Å². The van der Waals surface area contributed by atoms with Crippen molar-refractivity contribution in [3.8, 4) is 11.3 Å². The molecule has 0 unspecified atom stereocenters. The Hall–Kier alpha value is -1.93. The summed E-state index contributed by atoms with van der Waals surface area (Å²) in [6, 6.07) is 13.6. The Morgan fingerprint density at radius 1 is 0.966 bits per heavy atom. The van der Waals surface area contributed by atoms with Crippen LogP contribution in [0.25, 0.3) is 11.3 Å². The highest BCUT2D eigenvalue weighted by molar-refractivity contribution is 5.59. The predicted molar refractivity (Wildman–Crippen MR) is 123 cm³/mol. The third-order valence-corrected chi connectivity index (χ3v) is 6.26. The molecule has 0 saturated heterocycles. The molecule has 156 valence electrons. The summed E-state index contributed by atoms with van der Waals surface area (Å²) in [5.74, 6) is 1.43. The fourth-order valence-corrected chi connectivity index (χ4v) is 4.41. The van der Waals surface area contributed by atoms with Gasteiger partial charge < -0.3 is 4.74 Å². The smallest absolute Gasteiger partial charge is 0.0702 e. The Bertz CT molecular complexity index is 724. The van der Waals surface area contributed by atoms with Crippen LogP contribution in [0.15, 0.2) is 54.7 Å². The highest BCUT2D eigenvalue weighted by atomic mass is 16.5. The zero-order valence-corrected chi connectivity index (χ0v) is 18.3.